The second-order valence-electron chi connectivity index (χ2n) is 10.7. The molecule has 4 nitrogen and oxygen atoms in total. The van der Waals surface area contributed by atoms with Crippen LogP contribution in [0.5, 0.6) is 0 Å². The SMILES string of the molecule is O=C(NCC1CC1C[C@@H]1CCCN(c2nsc3ccccc23)CC1)C1CCc2ccccc2C1.[HH]. The molecule has 0 radical (unpaired) electrons. The van der Waals surface area contributed by atoms with Crippen LogP contribution in [0, 0.1) is 23.7 Å². The van der Waals surface area contributed by atoms with Crippen LogP contribution in [0.2, 0.25) is 0 Å². The summed E-state index contributed by atoms with van der Waals surface area (Å²) >= 11 is 1.62. The number of nitrogens with zero attached hydrogens (tertiary/aromatic N) is 2. The van der Waals surface area contributed by atoms with Crippen LogP contribution in [0.3, 0.4) is 0 Å². The molecule has 3 aliphatic rings. The smallest absolute Gasteiger partial charge is 0.223 e. The molecule has 2 fully saturated rings. The lowest BCUT2D eigenvalue weighted by Gasteiger charge is -2.23. The van der Waals surface area contributed by atoms with Gasteiger partial charge >= 0.3 is 0 Å². The summed E-state index contributed by atoms with van der Waals surface area (Å²) < 4.78 is 6.08. The van der Waals surface area contributed by atoms with Crippen LogP contribution >= 0.6 is 11.5 Å². The average molecular weight is 476 g/mol. The number of hydrogen-bond donors (Lipinski definition) is 1. The normalized spacial score (nSPS) is 26.6. The lowest BCUT2D eigenvalue weighted by atomic mass is 9.83. The van der Waals surface area contributed by atoms with Gasteiger partial charge in [-0.3, -0.25) is 4.79 Å². The number of hydrogen-bond acceptors (Lipinski definition) is 4. The molecule has 3 aromatic rings. The molecule has 6 rings (SSSR count). The van der Waals surface area contributed by atoms with Crippen molar-refractivity contribution >= 4 is 33.3 Å². The van der Waals surface area contributed by atoms with Crippen molar-refractivity contribution in [2.24, 2.45) is 23.7 Å². The zero-order valence-electron chi connectivity index (χ0n) is 19.9. The number of amides is 1. The minimum absolute atomic E-state index is 0. The van der Waals surface area contributed by atoms with E-state index in [1.165, 1.54) is 59.1 Å². The zero-order chi connectivity index (χ0) is 22.9. The van der Waals surface area contributed by atoms with Crippen molar-refractivity contribution in [1.29, 1.82) is 0 Å². The predicted molar refractivity (Wildman–Crippen MR) is 142 cm³/mol. The molecule has 2 aliphatic carbocycles. The number of anilines is 1. The van der Waals surface area contributed by atoms with Crippen molar-refractivity contribution in [2.45, 2.75) is 51.4 Å². The molecule has 34 heavy (non-hydrogen) atoms. The van der Waals surface area contributed by atoms with Crippen LogP contribution in [0.15, 0.2) is 48.5 Å². The molecule has 2 heterocycles. The maximum absolute atomic E-state index is 12.8. The van der Waals surface area contributed by atoms with Crippen molar-refractivity contribution < 1.29 is 6.22 Å². The molecule has 1 aromatic heterocycles. The molecule has 5 heteroatoms. The van der Waals surface area contributed by atoms with Gasteiger partial charge in [-0.2, -0.15) is 4.37 Å². The highest BCUT2D eigenvalue weighted by Crippen LogP contribution is 2.45. The highest BCUT2D eigenvalue weighted by atomic mass is 32.1. The van der Waals surface area contributed by atoms with E-state index in [-0.39, 0.29) is 13.3 Å². The number of carbonyl (C=O) groups excluding carboxylic acids is 1. The summed E-state index contributed by atoms with van der Waals surface area (Å²) in [5, 5.41) is 4.62. The van der Waals surface area contributed by atoms with E-state index in [4.69, 9.17) is 4.37 Å². The van der Waals surface area contributed by atoms with Crippen molar-refractivity contribution in [2.75, 3.05) is 24.5 Å². The summed E-state index contributed by atoms with van der Waals surface area (Å²) in [6.45, 7) is 3.12. The molecule has 0 bridgehead atoms. The largest absolute Gasteiger partial charge is 0.356 e. The van der Waals surface area contributed by atoms with E-state index in [2.05, 4.69) is 58.7 Å². The molecular weight excluding hydrogens is 438 g/mol. The van der Waals surface area contributed by atoms with E-state index in [1.54, 1.807) is 11.5 Å². The van der Waals surface area contributed by atoms with Gasteiger partial charge in [-0.25, -0.2) is 0 Å². The highest BCUT2D eigenvalue weighted by Gasteiger charge is 2.39. The van der Waals surface area contributed by atoms with Gasteiger partial charge in [-0.15, -0.1) is 0 Å². The molecule has 1 amide bonds. The predicted octanol–water partition coefficient (Wildman–Crippen LogP) is 6.10. The van der Waals surface area contributed by atoms with E-state index in [1.807, 2.05) is 0 Å². The summed E-state index contributed by atoms with van der Waals surface area (Å²) in [6, 6.07) is 17.2. The van der Waals surface area contributed by atoms with E-state index in [0.29, 0.717) is 5.92 Å². The standard InChI is InChI=1S/C29H35N3OS.H2/c33-29(23-12-11-21-7-1-2-8-22(21)17-23)30-19-25-18-24(25)16-20-6-5-14-32(15-13-20)28-26-9-3-4-10-27(26)34-31-28;/h1-4,7-10,20,23-25H,5-6,11-19H2,(H,30,33);1H/t20-,23?,24?,25?;/m1./s1. The molecule has 1 aliphatic heterocycles. The van der Waals surface area contributed by atoms with Crippen LogP contribution in [0.4, 0.5) is 5.82 Å². The molecule has 1 N–H and O–H groups in total. The third-order valence-corrected chi connectivity index (χ3v) is 9.28. The fourth-order valence-electron chi connectivity index (χ4n) is 6.29. The first-order valence-electron chi connectivity index (χ1n) is 13.2. The summed E-state index contributed by atoms with van der Waals surface area (Å²) in [5.41, 5.74) is 2.80. The van der Waals surface area contributed by atoms with Gasteiger partial charge in [0, 0.05) is 32.4 Å². The Morgan fingerprint density at radius 1 is 1.03 bits per heavy atom. The molecule has 1 saturated carbocycles. The van der Waals surface area contributed by atoms with Crippen LogP contribution in [0.1, 0.15) is 51.1 Å². The number of aromatic nitrogens is 1. The highest BCUT2D eigenvalue weighted by molar-refractivity contribution is 7.13. The van der Waals surface area contributed by atoms with Gasteiger partial charge < -0.3 is 10.2 Å². The van der Waals surface area contributed by atoms with Crippen molar-refractivity contribution in [3.8, 4) is 0 Å². The summed E-state index contributed by atoms with van der Waals surface area (Å²) in [5.74, 6) is 3.95. The Morgan fingerprint density at radius 2 is 1.88 bits per heavy atom. The lowest BCUT2D eigenvalue weighted by molar-refractivity contribution is -0.125. The Balaban J connectivity index is 0.00000253. The molecule has 180 valence electrons. The molecule has 4 atom stereocenters. The molecule has 2 aromatic carbocycles. The minimum Gasteiger partial charge on any atom is -0.356 e. The summed E-state index contributed by atoms with van der Waals surface area (Å²) in [4.78, 5) is 15.3. The number of carbonyl (C=O) groups is 1. The minimum atomic E-state index is 0. The summed E-state index contributed by atoms with van der Waals surface area (Å²) in [6.07, 6.45) is 9.42. The number of fused-ring (bicyclic) bond motifs is 2. The van der Waals surface area contributed by atoms with Crippen LogP contribution in [-0.4, -0.2) is 29.9 Å². The molecule has 3 unspecified atom stereocenters. The number of benzene rings is 2. The van der Waals surface area contributed by atoms with Crippen LogP contribution < -0.4 is 10.2 Å². The Kier molecular flexibility index (Phi) is 6.30. The molecule has 1 saturated heterocycles. The quantitative estimate of drug-likeness (QED) is 0.469. The Hall–Kier alpha value is -2.40. The van der Waals surface area contributed by atoms with Crippen LogP contribution in [0.25, 0.3) is 10.1 Å². The fourth-order valence-corrected chi connectivity index (χ4v) is 7.08. The van der Waals surface area contributed by atoms with Crippen molar-refractivity contribution in [3.05, 3.63) is 59.7 Å². The first kappa shape index (κ1) is 22.1. The second-order valence-corrected chi connectivity index (χ2v) is 11.5. The van der Waals surface area contributed by atoms with Gasteiger partial charge in [0.05, 0.1) is 4.70 Å². The second kappa shape index (κ2) is 9.69. The lowest BCUT2D eigenvalue weighted by Crippen LogP contribution is -2.35. The third-order valence-electron chi connectivity index (χ3n) is 8.47. The van der Waals surface area contributed by atoms with Gasteiger partial charge in [0.1, 0.15) is 5.82 Å². The Labute approximate surface area is 208 Å². The monoisotopic (exact) mass is 475 g/mol. The van der Waals surface area contributed by atoms with Gasteiger partial charge in [0.2, 0.25) is 5.91 Å². The topological polar surface area (TPSA) is 45.2 Å². The maximum atomic E-state index is 12.8. The van der Waals surface area contributed by atoms with E-state index in [9.17, 15) is 4.79 Å². The first-order valence-corrected chi connectivity index (χ1v) is 14.0. The molecule has 0 spiro atoms. The first-order chi connectivity index (χ1) is 16.7. The van der Waals surface area contributed by atoms with E-state index >= 15 is 0 Å². The van der Waals surface area contributed by atoms with Gasteiger partial charge in [0.15, 0.2) is 0 Å². The van der Waals surface area contributed by atoms with E-state index in [0.717, 1.165) is 50.7 Å². The summed E-state index contributed by atoms with van der Waals surface area (Å²) in [7, 11) is 0. The number of aryl methyl sites for hydroxylation is 1. The Bertz CT molecular complexity index is 1160. The maximum Gasteiger partial charge on any atom is 0.223 e. The van der Waals surface area contributed by atoms with E-state index < -0.39 is 0 Å². The molecular formula is C29H37N3OS. The van der Waals surface area contributed by atoms with Gasteiger partial charge in [-0.05, 0) is 104 Å². The van der Waals surface area contributed by atoms with Crippen LogP contribution in [-0.2, 0) is 17.6 Å². The van der Waals surface area contributed by atoms with Crippen molar-refractivity contribution in [3.63, 3.8) is 0 Å². The average Bonchev–Trinajstić information content (AvgIpc) is 3.55. The third kappa shape index (κ3) is 4.72. The number of nitrogens with one attached hydrogen (secondary N) is 1. The fraction of sp³-hybridized carbons (Fsp3) is 0.517. The van der Waals surface area contributed by atoms with Gasteiger partial charge in [-0.1, -0.05) is 36.4 Å². The van der Waals surface area contributed by atoms with Crippen molar-refractivity contribution in [1.82, 2.24) is 9.69 Å². The van der Waals surface area contributed by atoms with Gasteiger partial charge in [0.25, 0.3) is 0 Å². The zero-order valence-corrected chi connectivity index (χ0v) is 20.7. The number of rotatable bonds is 6. The Morgan fingerprint density at radius 3 is 2.82 bits per heavy atom.